The molecule has 2 aromatic carbocycles. The van der Waals surface area contributed by atoms with Crippen LogP contribution in [-0.2, 0) is 6.42 Å². The molecule has 2 heterocycles. The zero-order chi connectivity index (χ0) is 14.2. The van der Waals surface area contributed by atoms with Crippen LogP contribution >= 0.6 is 0 Å². The lowest BCUT2D eigenvalue weighted by molar-refractivity contribution is 0.102. The first-order valence-corrected chi connectivity index (χ1v) is 6.87. The summed E-state index contributed by atoms with van der Waals surface area (Å²) >= 11 is 0. The van der Waals surface area contributed by atoms with Gasteiger partial charge in [0.1, 0.15) is 0 Å². The summed E-state index contributed by atoms with van der Waals surface area (Å²) in [7, 11) is 0. The van der Waals surface area contributed by atoms with Gasteiger partial charge in [-0.3, -0.25) is 4.79 Å². The van der Waals surface area contributed by atoms with Gasteiger partial charge < -0.3 is 20.1 Å². The van der Waals surface area contributed by atoms with Gasteiger partial charge in [-0.05, 0) is 48.4 Å². The van der Waals surface area contributed by atoms with Gasteiger partial charge in [0.05, 0.1) is 0 Å². The van der Waals surface area contributed by atoms with Crippen LogP contribution in [0.4, 0.5) is 11.4 Å². The van der Waals surface area contributed by atoms with Crippen molar-refractivity contribution in [1.82, 2.24) is 0 Å². The summed E-state index contributed by atoms with van der Waals surface area (Å²) in [5, 5.41) is 6.21. The summed E-state index contributed by atoms with van der Waals surface area (Å²) in [6.07, 6.45) is 0.989. The van der Waals surface area contributed by atoms with E-state index in [2.05, 4.69) is 10.6 Å². The number of amides is 1. The molecule has 0 aliphatic carbocycles. The van der Waals surface area contributed by atoms with Gasteiger partial charge in [0.25, 0.3) is 5.91 Å². The molecule has 21 heavy (non-hydrogen) atoms. The Morgan fingerprint density at radius 2 is 2.00 bits per heavy atom. The van der Waals surface area contributed by atoms with E-state index < -0.39 is 0 Å². The molecule has 0 bridgehead atoms. The lowest BCUT2D eigenvalue weighted by atomic mass is 10.1. The van der Waals surface area contributed by atoms with E-state index in [-0.39, 0.29) is 12.7 Å². The molecule has 2 aliphatic rings. The first-order valence-electron chi connectivity index (χ1n) is 6.87. The van der Waals surface area contributed by atoms with Crippen LogP contribution in [0.25, 0.3) is 0 Å². The van der Waals surface area contributed by atoms with E-state index in [1.807, 2.05) is 18.2 Å². The number of hydrogen-bond donors (Lipinski definition) is 2. The van der Waals surface area contributed by atoms with Gasteiger partial charge in [0.2, 0.25) is 6.79 Å². The van der Waals surface area contributed by atoms with E-state index in [0.29, 0.717) is 17.1 Å². The first kappa shape index (κ1) is 12.1. The molecule has 2 aliphatic heterocycles. The molecule has 0 aromatic heterocycles. The largest absolute Gasteiger partial charge is 0.454 e. The number of fused-ring (bicyclic) bond motifs is 2. The van der Waals surface area contributed by atoms with Crippen molar-refractivity contribution < 1.29 is 14.3 Å². The summed E-state index contributed by atoms with van der Waals surface area (Å²) in [6.45, 7) is 1.16. The number of anilines is 2. The van der Waals surface area contributed by atoms with Crippen molar-refractivity contribution in [2.24, 2.45) is 0 Å². The van der Waals surface area contributed by atoms with Crippen LogP contribution in [-0.4, -0.2) is 19.2 Å². The van der Waals surface area contributed by atoms with Gasteiger partial charge in [-0.15, -0.1) is 0 Å². The lowest BCUT2D eigenvalue weighted by Crippen LogP contribution is -2.11. The third-order valence-electron chi connectivity index (χ3n) is 3.71. The van der Waals surface area contributed by atoms with Crippen LogP contribution in [0.5, 0.6) is 11.5 Å². The topological polar surface area (TPSA) is 59.6 Å². The number of rotatable bonds is 2. The third-order valence-corrected chi connectivity index (χ3v) is 3.71. The number of carbonyl (C=O) groups is 1. The van der Waals surface area contributed by atoms with E-state index in [1.54, 1.807) is 18.2 Å². The summed E-state index contributed by atoms with van der Waals surface area (Å²) in [5.41, 5.74) is 3.74. The van der Waals surface area contributed by atoms with E-state index >= 15 is 0 Å². The number of nitrogens with one attached hydrogen (secondary N) is 2. The summed E-state index contributed by atoms with van der Waals surface area (Å²) in [5.74, 6) is 1.13. The molecule has 0 unspecified atom stereocenters. The number of hydrogen-bond acceptors (Lipinski definition) is 4. The van der Waals surface area contributed by atoms with Gasteiger partial charge >= 0.3 is 0 Å². The molecular weight excluding hydrogens is 268 g/mol. The van der Waals surface area contributed by atoms with Crippen LogP contribution in [0, 0.1) is 0 Å². The highest BCUT2D eigenvalue weighted by molar-refractivity contribution is 6.04. The van der Waals surface area contributed by atoms with Crippen molar-refractivity contribution in [1.29, 1.82) is 0 Å². The van der Waals surface area contributed by atoms with Crippen LogP contribution in [0.2, 0.25) is 0 Å². The Kier molecular flexibility index (Phi) is 2.70. The molecule has 0 radical (unpaired) electrons. The van der Waals surface area contributed by atoms with E-state index in [0.717, 1.165) is 24.3 Å². The van der Waals surface area contributed by atoms with E-state index in [1.165, 1.54) is 5.56 Å². The molecule has 5 nitrogen and oxygen atoms in total. The lowest BCUT2D eigenvalue weighted by Gasteiger charge is -2.08. The van der Waals surface area contributed by atoms with Crippen molar-refractivity contribution in [3.8, 4) is 11.5 Å². The fourth-order valence-corrected chi connectivity index (χ4v) is 2.62. The predicted octanol–water partition coefficient (Wildman–Crippen LogP) is 2.64. The highest BCUT2D eigenvalue weighted by Gasteiger charge is 2.17. The standard InChI is InChI=1S/C16H14N2O3/c19-16(11-1-4-14-15(8-11)21-9-20-14)18-12-2-3-13-10(7-12)5-6-17-13/h1-4,7-8,17H,5-6,9H2,(H,18,19). The van der Waals surface area contributed by atoms with Crippen LogP contribution in [0.15, 0.2) is 36.4 Å². The SMILES string of the molecule is O=C(Nc1ccc2c(c1)CCN2)c1ccc2c(c1)OCO2. The Bertz CT molecular complexity index is 727. The van der Waals surface area contributed by atoms with Crippen molar-refractivity contribution in [3.63, 3.8) is 0 Å². The van der Waals surface area contributed by atoms with Crippen molar-refractivity contribution in [2.45, 2.75) is 6.42 Å². The predicted molar refractivity (Wildman–Crippen MR) is 79.2 cm³/mol. The summed E-state index contributed by atoms with van der Waals surface area (Å²) in [4.78, 5) is 12.3. The molecule has 2 aromatic rings. The Balaban J connectivity index is 1.55. The number of carbonyl (C=O) groups excluding carboxylic acids is 1. The van der Waals surface area contributed by atoms with Gasteiger partial charge in [0, 0.05) is 23.5 Å². The smallest absolute Gasteiger partial charge is 0.255 e. The Hall–Kier alpha value is -2.69. The summed E-state index contributed by atoms with van der Waals surface area (Å²) < 4.78 is 10.5. The van der Waals surface area contributed by atoms with Gasteiger partial charge in [0.15, 0.2) is 11.5 Å². The highest BCUT2D eigenvalue weighted by Crippen LogP contribution is 2.33. The van der Waals surface area contributed by atoms with E-state index in [4.69, 9.17) is 9.47 Å². The maximum atomic E-state index is 12.3. The quantitative estimate of drug-likeness (QED) is 0.889. The zero-order valence-corrected chi connectivity index (χ0v) is 11.3. The fraction of sp³-hybridized carbons (Fsp3) is 0.188. The minimum Gasteiger partial charge on any atom is -0.454 e. The van der Waals surface area contributed by atoms with Crippen molar-refractivity contribution >= 4 is 17.3 Å². The maximum Gasteiger partial charge on any atom is 0.255 e. The minimum absolute atomic E-state index is 0.154. The van der Waals surface area contributed by atoms with Crippen LogP contribution in [0.3, 0.4) is 0 Å². The van der Waals surface area contributed by atoms with Crippen molar-refractivity contribution in [3.05, 3.63) is 47.5 Å². The van der Waals surface area contributed by atoms with E-state index in [9.17, 15) is 4.79 Å². The molecule has 0 fully saturated rings. The molecule has 5 heteroatoms. The van der Waals surface area contributed by atoms with Gasteiger partial charge in [-0.25, -0.2) is 0 Å². The Morgan fingerprint density at radius 1 is 1.10 bits per heavy atom. The molecule has 0 atom stereocenters. The highest BCUT2D eigenvalue weighted by atomic mass is 16.7. The van der Waals surface area contributed by atoms with Crippen LogP contribution in [0.1, 0.15) is 15.9 Å². The molecule has 4 rings (SSSR count). The normalized spacial score (nSPS) is 14.5. The molecule has 0 saturated heterocycles. The second kappa shape index (κ2) is 4.70. The van der Waals surface area contributed by atoms with Gasteiger partial charge in [-0.1, -0.05) is 0 Å². The van der Waals surface area contributed by atoms with Gasteiger partial charge in [-0.2, -0.15) is 0 Å². The second-order valence-corrected chi connectivity index (χ2v) is 5.07. The average molecular weight is 282 g/mol. The Morgan fingerprint density at radius 3 is 2.95 bits per heavy atom. The molecule has 0 spiro atoms. The molecule has 2 N–H and O–H groups in total. The second-order valence-electron chi connectivity index (χ2n) is 5.07. The molecule has 106 valence electrons. The molecule has 0 saturated carbocycles. The number of benzene rings is 2. The maximum absolute atomic E-state index is 12.3. The minimum atomic E-state index is -0.154. The first-order chi connectivity index (χ1) is 10.3. The molecule has 1 amide bonds. The zero-order valence-electron chi connectivity index (χ0n) is 11.3. The monoisotopic (exact) mass is 282 g/mol. The van der Waals surface area contributed by atoms with Crippen molar-refractivity contribution in [2.75, 3.05) is 24.0 Å². The Labute approximate surface area is 121 Å². The number of ether oxygens (including phenoxy) is 2. The summed E-state index contributed by atoms with van der Waals surface area (Å²) in [6, 6.07) is 11.1. The van der Waals surface area contributed by atoms with Crippen LogP contribution < -0.4 is 20.1 Å². The average Bonchev–Trinajstić information content (AvgIpc) is 3.14. The fourth-order valence-electron chi connectivity index (χ4n) is 2.62. The molecular formula is C16H14N2O3. The third kappa shape index (κ3) is 2.16.